The molecule has 0 saturated carbocycles. The van der Waals surface area contributed by atoms with Crippen molar-refractivity contribution in [1.29, 1.82) is 0 Å². The first-order valence-corrected chi connectivity index (χ1v) is 11.5. The number of amides is 2. The van der Waals surface area contributed by atoms with Crippen LogP contribution >= 0.6 is 0 Å². The van der Waals surface area contributed by atoms with Gasteiger partial charge < -0.3 is 19.6 Å². The van der Waals surface area contributed by atoms with Crippen LogP contribution < -0.4 is 0 Å². The summed E-state index contributed by atoms with van der Waals surface area (Å²) in [6, 6.07) is 1.58. The molecule has 1 fully saturated rings. The lowest BCUT2D eigenvalue weighted by molar-refractivity contribution is -0.147. The van der Waals surface area contributed by atoms with E-state index in [1.165, 1.54) is 0 Å². The Labute approximate surface area is 191 Å². The van der Waals surface area contributed by atoms with Crippen molar-refractivity contribution >= 4 is 11.8 Å². The fourth-order valence-electron chi connectivity index (χ4n) is 4.36. The number of aliphatic hydroxyl groups excluding tert-OH is 1. The summed E-state index contributed by atoms with van der Waals surface area (Å²) < 4.78 is 8.04. The molecule has 3 rings (SSSR count). The van der Waals surface area contributed by atoms with Crippen molar-refractivity contribution in [2.24, 2.45) is 10.8 Å². The number of carbonyl (C=O) groups is 2. The molecule has 2 amide bonds. The van der Waals surface area contributed by atoms with Crippen LogP contribution in [-0.2, 0) is 20.9 Å². The number of hydrogen-bond donors (Lipinski definition) is 1. The highest BCUT2D eigenvalue weighted by Gasteiger charge is 2.38. The molecular weight excluding hydrogens is 410 g/mol. The minimum atomic E-state index is -0.474. The Morgan fingerprint density at radius 2 is 1.75 bits per heavy atom. The number of carbonyl (C=O) groups excluding carboxylic acids is 2. The van der Waals surface area contributed by atoms with Gasteiger partial charge in [0.2, 0.25) is 11.8 Å². The lowest BCUT2D eigenvalue weighted by atomic mass is 9.93. The predicted octanol–water partition coefficient (Wildman–Crippen LogP) is 1.34. The third kappa shape index (κ3) is 5.32. The molecule has 0 aliphatic carbocycles. The van der Waals surface area contributed by atoms with Crippen molar-refractivity contribution in [1.82, 2.24) is 24.5 Å². The van der Waals surface area contributed by atoms with Crippen molar-refractivity contribution in [3.8, 4) is 0 Å². The van der Waals surface area contributed by atoms with Gasteiger partial charge in [0.05, 0.1) is 44.3 Å². The Morgan fingerprint density at radius 1 is 1.06 bits per heavy atom. The van der Waals surface area contributed by atoms with Gasteiger partial charge in [-0.2, -0.15) is 5.10 Å². The molecule has 2 unspecified atom stereocenters. The fraction of sp³-hybridized carbons (Fsp3) is 0.783. The normalized spacial score (nSPS) is 22.7. The van der Waals surface area contributed by atoms with Crippen LogP contribution in [0.15, 0.2) is 12.3 Å². The Bertz CT molecular complexity index is 810. The van der Waals surface area contributed by atoms with E-state index in [1.807, 2.05) is 62.1 Å². The Kier molecular flexibility index (Phi) is 7.31. The topological polar surface area (TPSA) is 91.1 Å². The number of nitrogens with zero attached hydrogens (tertiary/aromatic N) is 5. The monoisotopic (exact) mass is 449 g/mol. The molecule has 32 heavy (non-hydrogen) atoms. The van der Waals surface area contributed by atoms with Gasteiger partial charge in [0, 0.05) is 43.2 Å². The van der Waals surface area contributed by atoms with E-state index in [0.29, 0.717) is 46.1 Å². The summed E-state index contributed by atoms with van der Waals surface area (Å²) in [7, 11) is 0. The number of rotatable bonds is 5. The summed E-state index contributed by atoms with van der Waals surface area (Å²) in [6.45, 7) is 15.2. The van der Waals surface area contributed by atoms with Crippen LogP contribution in [0.2, 0.25) is 0 Å². The van der Waals surface area contributed by atoms with E-state index >= 15 is 0 Å². The molecule has 2 aliphatic heterocycles. The third-order valence-electron chi connectivity index (χ3n) is 6.20. The highest BCUT2D eigenvalue weighted by atomic mass is 16.5. The smallest absolute Gasteiger partial charge is 0.228 e. The minimum Gasteiger partial charge on any atom is -0.395 e. The summed E-state index contributed by atoms with van der Waals surface area (Å²) in [4.78, 5) is 31.5. The number of hydrogen-bond acceptors (Lipinski definition) is 6. The van der Waals surface area contributed by atoms with Crippen LogP contribution in [0.1, 0.15) is 53.3 Å². The molecule has 3 heterocycles. The summed E-state index contributed by atoms with van der Waals surface area (Å²) in [6.07, 6.45) is 1.76. The fourth-order valence-corrected chi connectivity index (χ4v) is 4.36. The van der Waals surface area contributed by atoms with Gasteiger partial charge in [-0.3, -0.25) is 19.2 Å². The van der Waals surface area contributed by atoms with Gasteiger partial charge in [0.25, 0.3) is 0 Å². The lowest BCUT2D eigenvalue weighted by Gasteiger charge is -2.43. The molecule has 180 valence electrons. The Hall–Kier alpha value is -1.97. The van der Waals surface area contributed by atoms with Crippen molar-refractivity contribution in [3.63, 3.8) is 0 Å². The average molecular weight is 450 g/mol. The largest absolute Gasteiger partial charge is 0.395 e. The SMILES string of the molecule is CC(C)(C)C(=O)N1CCN(COCC2c3ccnn3CCN2C(=O)C(C)(C)C)C(CO)C1. The van der Waals surface area contributed by atoms with E-state index in [9.17, 15) is 14.7 Å². The molecule has 1 saturated heterocycles. The molecule has 2 aliphatic rings. The second kappa shape index (κ2) is 9.49. The van der Waals surface area contributed by atoms with Gasteiger partial charge in [-0.1, -0.05) is 41.5 Å². The van der Waals surface area contributed by atoms with Gasteiger partial charge in [0.1, 0.15) is 0 Å². The van der Waals surface area contributed by atoms with Gasteiger partial charge >= 0.3 is 0 Å². The first kappa shape index (κ1) is 24.7. The van der Waals surface area contributed by atoms with E-state index in [2.05, 4.69) is 10.00 Å². The minimum absolute atomic E-state index is 0.0396. The van der Waals surface area contributed by atoms with Crippen LogP contribution in [0.4, 0.5) is 0 Å². The lowest BCUT2D eigenvalue weighted by Crippen LogP contribution is -2.58. The second-order valence-electron chi connectivity index (χ2n) is 10.9. The molecule has 0 radical (unpaired) electrons. The van der Waals surface area contributed by atoms with Crippen LogP contribution in [-0.4, -0.2) is 93.6 Å². The number of aliphatic hydroxyl groups is 1. The number of ether oxygens (including phenoxy) is 1. The van der Waals surface area contributed by atoms with Gasteiger partial charge in [-0.05, 0) is 6.07 Å². The molecule has 1 aromatic rings. The van der Waals surface area contributed by atoms with E-state index in [1.54, 1.807) is 6.20 Å². The van der Waals surface area contributed by atoms with E-state index < -0.39 is 10.8 Å². The van der Waals surface area contributed by atoms with Crippen molar-refractivity contribution in [2.75, 3.05) is 46.1 Å². The van der Waals surface area contributed by atoms with Crippen LogP contribution in [0.25, 0.3) is 0 Å². The molecule has 1 N–H and O–H groups in total. The zero-order chi connectivity index (χ0) is 23.7. The maximum absolute atomic E-state index is 13.1. The van der Waals surface area contributed by atoms with E-state index in [0.717, 1.165) is 5.69 Å². The van der Waals surface area contributed by atoms with Crippen molar-refractivity contribution in [2.45, 2.75) is 60.2 Å². The van der Waals surface area contributed by atoms with Crippen LogP contribution in [0.3, 0.4) is 0 Å². The van der Waals surface area contributed by atoms with E-state index in [4.69, 9.17) is 4.74 Å². The summed E-state index contributed by atoms with van der Waals surface area (Å²) in [5.41, 5.74) is 0.0671. The zero-order valence-corrected chi connectivity index (χ0v) is 20.4. The average Bonchev–Trinajstić information content (AvgIpc) is 3.20. The molecule has 0 aromatic carbocycles. The van der Waals surface area contributed by atoms with Gasteiger partial charge in [-0.15, -0.1) is 0 Å². The predicted molar refractivity (Wildman–Crippen MR) is 121 cm³/mol. The summed E-state index contributed by atoms with van der Waals surface area (Å²) >= 11 is 0. The molecule has 0 bridgehead atoms. The number of aromatic nitrogens is 2. The molecule has 9 nitrogen and oxygen atoms in total. The first-order valence-electron chi connectivity index (χ1n) is 11.5. The number of fused-ring (bicyclic) bond motifs is 1. The third-order valence-corrected chi connectivity index (χ3v) is 6.20. The Balaban J connectivity index is 1.63. The number of piperazine rings is 1. The zero-order valence-electron chi connectivity index (χ0n) is 20.4. The summed E-state index contributed by atoms with van der Waals surface area (Å²) in [5, 5.41) is 14.3. The summed E-state index contributed by atoms with van der Waals surface area (Å²) in [5.74, 6) is 0.199. The highest BCUT2D eigenvalue weighted by Crippen LogP contribution is 2.30. The van der Waals surface area contributed by atoms with Crippen molar-refractivity contribution < 1.29 is 19.4 Å². The second-order valence-corrected chi connectivity index (χ2v) is 10.9. The van der Waals surface area contributed by atoms with Crippen LogP contribution in [0, 0.1) is 10.8 Å². The molecule has 0 spiro atoms. The maximum atomic E-state index is 13.1. The van der Waals surface area contributed by atoms with Crippen molar-refractivity contribution in [3.05, 3.63) is 18.0 Å². The maximum Gasteiger partial charge on any atom is 0.228 e. The molecule has 2 atom stereocenters. The molecule has 1 aromatic heterocycles. The van der Waals surface area contributed by atoms with Crippen LogP contribution in [0.5, 0.6) is 0 Å². The van der Waals surface area contributed by atoms with Gasteiger partial charge in [0.15, 0.2) is 0 Å². The van der Waals surface area contributed by atoms with Gasteiger partial charge in [-0.25, -0.2) is 0 Å². The van der Waals surface area contributed by atoms with E-state index in [-0.39, 0.29) is 30.5 Å². The standard InChI is InChI=1S/C23H39N5O4/c1-22(2,3)20(30)25-9-10-26(17(13-25)14-29)16-32-15-19-18-7-8-24-28(18)12-11-27(19)21(31)23(4,5)6/h7-8,17,19,29H,9-16H2,1-6H3. The Morgan fingerprint density at radius 3 is 2.38 bits per heavy atom. The quantitative estimate of drug-likeness (QED) is 0.730. The first-order chi connectivity index (χ1) is 14.9. The highest BCUT2D eigenvalue weighted by molar-refractivity contribution is 5.82. The molecule has 9 heteroatoms. The molecular formula is C23H39N5O4.